The van der Waals surface area contributed by atoms with Crippen LogP contribution in [0.1, 0.15) is 12.7 Å². The van der Waals surface area contributed by atoms with E-state index in [1.165, 1.54) is 22.9 Å². The molecule has 4 amide bonds. The third kappa shape index (κ3) is 5.36. The second kappa shape index (κ2) is 9.95. The van der Waals surface area contributed by atoms with Crippen LogP contribution in [0.15, 0.2) is 28.8 Å². The number of amides is 4. The zero-order chi connectivity index (χ0) is 24.2. The van der Waals surface area contributed by atoms with Gasteiger partial charge in [-0.3, -0.25) is 20.0 Å². The Morgan fingerprint density at radius 3 is 2.79 bits per heavy atom. The highest BCUT2D eigenvalue weighted by molar-refractivity contribution is 5.90. The van der Waals surface area contributed by atoms with E-state index in [0.717, 1.165) is 0 Å². The van der Waals surface area contributed by atoms with E-state index >= 15 is 4.39 Å². The number of carbonyl (C=O) groups is 3. The lowest BCUT2D eigenvalue weighted by Crippen LogP contribution is -2.46. The normalized spacial score (nSPS) is 18.5. The molecule has 2 aliphatic rings. The number of cyclic esters (lactones) is 1. The zero-order valence-corrected chi connectivity index (χ0v) is 18.8. The summed E-state index contributed by atoms with van der Waals surface area (Å²) in [5.74, 6) is 0.175. The summed E-state index contributed by atoms with van der Waals surface area (Å²) >= 11 is 0. The Labute approximate surface area is 194 Å². The number of anilines is 3. The molecule has 12 nitrogen and oxygen atoms in total. The first-order valence-corrected chi connectivity index (χ1v) is 10.8. The predicted octanol–water partition coefficient (Wildman–Crippen LogP) is 1.44. The number of aryl methyl sites for hydroxylation is 1. The minimum absolute atomic E-state index is 0.194. The Morgan fingerprint density at radius 2 is 2.09 bits per heavy atom. The molecule has 1 aromatic heterocycles. The second-order valence-electron chi connectivity index (χ2n) is 7.99. The first-order chi connectivity index (χ1) is 16.3. The van der Waals surface area contributed by atoms with E-state index in [1.807, 2.05) is 4.90 Å². The molecule has 0 saturated carbocycles. The first kappa shape index (κ1) is 23.3. The highest BCUT2D eigenvalue weighted by Gasteiger charge is 2.33. The predicted molar refractivity (Wildman–Crippen MR) is 120 cm³/mol. The van der Waals surface area contributed by atoms with Crippen LogP contribution in [0, 0.1) is 12.7 Å². The van der Waals surface area contributed by atoms with Crippen molar-refractivity contribution in [1.82, 2.24) is 20.9 Å². The molecule has 0 spiro atoms. The van der Waals surface area contributed by atoms with E-state index in [4.69, 9.17) is 9.26 Å². The molecule has 4 rings (SSSR count). The summed E-state index contributed by atoms with van der Waals surface area (Å²) in [4.78, 5) is 38.9. The highest BCUT2D eigenvalue weighted by atomic mass is 19.1. The van der Waals surface area contributed by atoms with E-state index < -0.39 is 24.0 Å². The molecule has 0 bridgehead atoms. The number of halogens is 1. The van der Waals surface area contributed by atoms with Crippen molar-refractivity contribution in [1.29, 1.82) is 0 Å². The number of hydrazine groups is 1. The molecule has 3 heterocycles. The maximum absolute atomic E-state index is 15.0. The molecule has 0 radical (unpaired) electrons. The Kier molecular flexibility index (Phi) is 6.82. The fourth-order valence-electron chi connectivity index (χ4n) is 3.76. The van der Waals surface area contributed by atoms with Gasteiger partial charge >= 0.3 is 12.1 Å². The summed E-state index contributed by atoms with van der Waals surface area (Å²) in [5.41, 5.74) is 3.75. The molecule has 13 heteroatoms. The molecule has 2 fully saturated rings. The molecule has 2 aromatic rings. The Bertz CT molecular complexity index is 1080. The Balaban J connectivity index is 1.37. The number of hydrogen-bond donors (Lipinski definition) is 3. The van der Waals surface area contributed by atoms with E-state index in [9.17, 15) is 14.4 Å². The van der Waals surface area contributed by atoms with E-state index in [-0.39, 0.29) is 19.0 Å². The number of nitrogens with one attached hydrogen (secondary N) is 3. The molecule has 1 aromatic carbocycles. The van der Waals surface area contributed by atoms with Gasteiger partial charge in [0.05, 0.1) is 31.0 Å². The number of carbonyl (C=O) groups excluding carboxylic acids is 3. The number of urea groups is 1. The van der Waals surface area contributed by atoms with Crippen LogP contribution < -0.4 is 25.9 Å². The molecule has 182 valence electrons. The number of ether oxygens (including phenoxy) is 1. The molecular weight excluding hydrogens is 449 g/mol. The number of hydrogen-bond acceptors (Lipinski definition) is 8. The molecule has 3 N–H and O–H groups in total. The quantitative estimate of drug-likeness (QED) is 0.592. The molecule has 2 aliphatic heterocycles. The lowest BCUT2D eigenvalue weighted by Gasteiger charge is -2.24. The van der Waals surface area contributed by atoms with Crippen molar-refractivity contribution in [2.75, 3.05) is 54.4 Å². The van der Waals surface area contributed by atoms with Crippen LogP contribution >= 0.6 is 0 Å². The van der Waals surface area contributed by atoms with Crippen LogP contribution in [0.2, 0.25) is 0 Å². The van der Waals surface area contributed by atoms with Gasteiger partial charge in [0.15, 0.2) is 5.82 Å². The molecular formula is C21H26FN7O5. The minimum atomic E-state index is -0.592. The maximum Gasteiger partial charge on any atom is 0.414 e. The van der Waals surface area contributed by atoms with Gasteiger partial charge in [0, 0.05) is 32.6 Å². The van der Waals surface area contributed by atoms with Gasteiger partial charge in [-0.1, -0.05) is 5.16 Å². The van der Waals surface area contributed by atoms with Gasteiger partial charge < -0.3 is 19.5 Å². The monoisotopic (exact) mass is 475 g/mol. The topological polar surface area (TPSA) is 132 Å². The molecule has 34 heavy (non-hydrogen) atoms. The van der Waals surface area contributed by atoms with Crippen molar-refractivity contribution in [3.63, 3.8) is 0 Å². The van der Waals surface area contributed by atoms with Gasteiger partial charge in [-0.15, -0.1) is 0 Å². The van der Waals surface area contributed by atoms with Gasteiger partial charge in [0.1, 0.15) is 17.7 Å². The third-order valence-corrected chi connectivity index (χ3v) is 5.42. The van der Waals surface area contributed by atoms with Crippen molar-refractivity contribution >= 4 is 35.2 Å². The summed E-state index contributed by atoms with van der Waals surface area (Å²) in [6, 6.07) is 5.75. The largest absolute Gasteiger partial charge is 0.442 e. The highest BCUT2D eigenvalue weighted by Crippen LogP contribution is 2.28. The van der Waals surface area contributed by atoms with Gasteiger partial charge in [0.2, 0.25) is 5.91 Å². The van der Waals surface area contributed by atoms with Crippen molar-refractivity contribution in [3.8, 4) is 0 Å². The van der Waals surface area contributed by atoms with Gasteiger partial charge in [-0.05, 0) is 25.1 Å². The molecule has 2 saturated heterocycles. The van der Waals surface area contributed by atoms with Crippen molar-refractivity contribution in [2.45, 2.75) is 20.0 Å². The van der Waals surface area contributed by atoms with Gasteiger partial charge in [-0.2, -0.15) is 0 Å². The average Bonchev–Trinajstić information content (AvgIpc) is 3.27. The third-order valence-electron chi connectivity index (χ3n) is 5.42. The smallest absolute Gasteiger partial charge is 0.414 e. The fourth-order valence-corrected chi connectivity index (χ4v) is 3.76. The van der Waals surface area contributed by atoms with E-state index in [1.54, 1.807) is 25.1 Å². The second-order valence-corrected chi connectivity index (χ2v) is 7.99. The molecule has 0 unspecified atom stereocenters. The van der Waals surface area contributed by atoms with Crippen LogP contribution in [0.5, 0.6) is 0 Å². The standard InChI is InChI=1S/C21H26FN7O5/c1-13-9-19(26-34-13)25-20(31)29-8-7-27(6-5-24-29)18-4-3-15(10-17(18)22)28-12-16(33-21(28)32)11-23-14(2)30/h3-4,9-10,16,24H,5-8,11-12H2,1-2H3,(H,23,30)(H,25,26,31)/t16-/m0/s1. The summed E-state index contributed by atoms with van der Waals surface area (Å²) in [5, 5.41) is 10.4. The fraction of sp³-hybridized carbons (Fsp3) is 0.429. The Hall–Kier alpha value is -3.87. The van der Waals surface area contributed by atoms with Gasteiger partial charge in [0.25, 0.3) is 0 Å². The van der Waals surface area contributed by atoms with Crippen LogP contribution in [0.3, 0.4) is 0 Å². The Morgan fingerprint density at radius 1 is 1.26 bits per heavy atom. The maximum atomic E-state index is 15.0. The van der Waals surface area contributed by atoms with Crippen molar-refractivity contribution in [2.24, 2.45) is 0 Å². The number of aromatic nitrogens is 1. The number of rotatable bonds is 5. The van der Waals surface area contributed by atoms with Crippen LogP contribution in [-0.4, -0.2) is 73.6 Å². The lowest BCUT2D eigenvalue weighted by atomic mass is 10.2. The number of nitrogens with zero attached hydrogens (tertiary/aromatic N) is 4. The zero-order valence-electron chi connectivity index (χ0n) is 18.8. The lowest BCUT2D eigenvalue weighted by molar-refractivity contribution is -0.119. The SMILES string of the molecule is CC(=O)NC[C@H]1CN(c2ccc(N3CCNN(C(=O)Nc4cc(C)on4)CC3)c(F)c2)C(=O)O1. The summed E-state index contributed by atoms with van der Waals surface area (Å²) in [6.07, 6.45) is -1.10. The van der Waals surface area contributed by atoms with Crippen molar-refractivity contribution < 1.29 is 28.0 Å². The summed E-state index contributed by atoms with van der Waals surface area (Å²) < 4.78 is 25.2. The van der Waals surface area contributed by atoms with E-state index in [2.05, 4.69) is 21.2 Å². The van der Waals surface area contributed by atoms with Crippen LogP contribution in [0.25, 0.3) is 0 Å². The van der Waals surface area contributed by atoms with Crippen LogP contribution in [-0.2, 0) is 9.53 Å². The first-order valence-electron chi connectivity index (χ1n) is 10.8. The van der Waals surface area contributed by atoms with E-state index in [0.29, 0.717) is 49.1 Å². The minimum Gasteiger partial charge on any atom is -0.442 e. The van der Waals surface area contributed by atoms with Gasteiger partial charge in [-0.25, -0.2) is 19.4 Å². The van der Waals surface area contributed by atoms with Crippen molar-refractivity contribution in [3.05, 3.63) is 35.8 Å². The number of benzene rings is 1. The summed E-state index contributed by atoms with van der Waals surface area (Å²) in [6.45, 7) is 5.07. The summed E-state index contributed by atoms with van der Waals surface area (Å²) in [7, 11) is 0. The van der Waals surface area contributed by atoms with Crippen LogP contribution in [0.4, 0.5) is 31.2 Å². The molecule has 0 aliphatic carbocycles. The molecule has 1 atom stereocenters. The average molecular weight is 475 g/mol.